The third-order valence-corrected chi connectivity index (χ3v) is 5.23. The molecule has 140 valence electrons. The van der Waals surface area contributed by atoms with Crippen LogP contribution < -0.4 is 0 Å². The quantitative estimate of drug-likeness (QED) is 0.563. The number of hydrogen-bond acceptors (Lipinski definition) is 3. The first kappa shape index (κ1) is 18.9. The van der Waals surface area contributed by atoms with Gasteiger partial charge in [-0.05, 0) is 50.1 Å². The number of nitrogens with zero attached hydrogens (tertiary/aromatic N) is 1. The van der Waals surface area contributed by atoms with E-state index in [0.717, 1.165) is 27.9 Å². The molecule has 0 aliphatic rings. The number of amides is 1. The van der Waals surface area contributed by atoms with E-state index in [1.807, 2.05) is 69.3 Å². The molecule has 0 saturated carbocycles. The largest absolute Gasteiger partial charge is 0.459 e. The van der Waals surface area contributed by atoms with Gasteiger partial charge in [-0.25, -0.2) is 0 Å². The van der Waals surface area contributed by atoms with Crippen LogP contribution in [-0.2, 0) is 4.79 Å². The summed E-state index contributed by atoms with van der Waals surface area (Å²) in [6, 6.07) is 15.2. The third kappa shape index (κ3) is 4.11. The third-order valence-electron chi connectivity index (χ3n) is 5.23. The van der Waals surface area contributed by atoms with Crippen LogP contribution in [0.4, 0.5) is 0 Å². The van der Waals surface area contributed by atoms with Gasteiger partial charge in [0.05, 0.1) is 6.04 Å². The molecule has 1 amide bonds. The van der Waals surface area contributed by atoms with Gasteiger partial charge in [0.25, 0.3) is 0 Å². The summed E-state index contributed by atoms with van der Waals surface area (Å²) in [5.74, 6) is 0.670. The van der Waals surface area contributed by atoms with Crippen LogP contribution in [-0.4, -0.2) is 23.6 Å². The Hall–Kier alpha value is -2.88. The number of carbonyl (C=O) groups excluding carboxylic acids is 2. The van der Waals surface area contributed by atoms with Crippen LogP contribution in [0.1, 0.15) is 53.1 Å². The second kappa shape index (κ2) is 7.78. The zero-order valence-electron chi connectivity index (χ0n) is 16.3. The summed E-state index contributed by atoms with van der Waals surface area (Å²) in [7, 11) is 1.75. The molecule has 4 nitrogen and oxygen atoms in total. The second-order valence-corrected chi connectivity index (χ2v) is 7.09. The lowest BCUT2D eigenvalue weighted by Gasteiger charge is -2.23. The maximum Gasteiger partial charge on any atom is 0.223 e. The average Bonchev–Trinajstić information content (AvgIpc) is 3.11. The molecule has 1 unspecified atom stereocenters. The summed E-state index contributed by atoms with van der Waals surface area (Å²) in [6.45, 7) is 5.93. The number of furan rings is 1. The van der Waals surface area contributed by atoms with Gasteiger partial charge in [-0.3, -0.25) is 9.59 Å². The van der Waals surface area contributed by atoms with Crippen LogP contribution in [0.5, 0.6) is 0 Å². The van der Waals surface area contributed by atoms with Gasteiger partial charge < -0.3 is 9.32 Å². The number of aryl methyl sites for hydroxylation is 2. The number of fused-ring (bicyclic) bond motifs is 1. The van der Waals surface area contributed by atoms with E-state index in [4.69, 9.17) is 4.42 Å². The van der Waals surface area contributed by atoms with E-state index in [-0.39, 0.29) is 30.6 Å². The highest BCUT2D eigenvalue weighted by Gasteiger charge is 2.21. The molecule has 3 rings (SSSR count). The fourth-order valence-corrected chi connectivity index (χ4v) is 3.07. The molecule has 0 fully saturated rings. The van der Waals surface area contributed by atoms with Crippen molar-refractivity contribution in [2.75, 3.05) is 7.05 Å². The first-order valence-electron chi connectivity index (χ1n) is 9.21. The van der Waals surface area contributed by atoms with Crippen LogP contribution in [0.2, 0.25) is 0 Å². The summed E-state index contributed by atoms with van der Waals surface area (Å²) in [6.07, 6.45) is 0.394. The highest BCUT2D eigenvalue weighted by molar-refractivity contribution is 5.98. The zero-order valence-corrected chi connectivity index (χ0v) is 16.3. The predicted octanol–water partition coefficient (Wildman–Crippen LogP) is 5.23. The Balaban J connectivity index is 1.62. The number of hydrogen-bond donors (Lipinski definition) is 0. The van der Waals surface area contributed by atoms with E-state index in [9.17, 15) is 9.59 Å². The van der Waals surface area contributed by atoms with Crippen molar-refractivity contribution in [3.8, 4) is 0 Å². The topological polar surface area (TPSA) is 50.5 Å². The number of Topliss-reactive ketones (excluding diaryl/α,β-unsaturated/α-hetero) is 1. The number of benzene rings is 2. The van der Waals surface area contributed by atoms with Crippen molar-refractivity contribution < 1.29 is 14.0 Å². The van der Waals surface area contributed by atoms with E-state index >= 15 is 0 Å². The molecule has 3 aromatic rings. The molecule has 0 aliphatic heterocycles. The first-order chi connectivity index (χ1) is 12.9. The maximum absolute atomic E-state index is 12.6. The van der Waals surface area contributed by atoms with Crippen LogP contribution in [0.25, 0.3) is 11.0 Å². The van der Waals surface area contributed by atoms with Crippen molar-refractivity contribution in [2.45, 2.75) is 39.7 Å². The zero-order chi connectivity index (χ0) is 19.6. The molecule has 1 heterocycles. The van der Waals surface area contributed by atoms with E-state index in [1.54, 1.807) is 11.9 Å². The fourth-order valence-electron chi connectivity index (χ4n) is 3.07. The Kier molecular flexibility index (Phi) is 5.45. The lowest BCUT2D eigenvalue weighted by atomic mass is 10.0. The molecule has 0 saturated heterocycles. The molecule has 0 aliphatic carbocycles. The first-order valence-corrected chi connectivity index (χ1v) is 9.21. The SMILES string of the molecule is Cc1ccc(C(=O)CCC(=O)N(C)C(C)c2cc3ccccc3o2)cc1C. The molecule has 0 spiro atoms. The average molecular weight is 363 g/mol. The molecular weight excluding hydrogens is 338 g/mol. The molecule has 0 bridgehead atoms. The van der Waals surface area contributed by atoms with Gasteiger partial charge in [0.2, 0.25) is 5.91 Å². The molecule has 4 heteroatoms. The van der Waals surface area contributed by atoms with Crippen LogP contribution >= 0.6 is 0 Å². The molecule has 0 radical (unpaired) electrons. The van der Waals surface area contributed by atoms with Gasteiger partial charge in [-0.1, -0.05) is 30.3 Å². The summed E-state index contributed by atoms with van der Waals surface area (Å²) in [5, 5.41) is 1.02. The monoisotopic (exact) mass is 363 g/mol. The number of rotatable bonds is 6. The molecule has 1 atom stereocenters. The molecule has 1 aromatic heterocycles. The lowest BCUT2D eigenvalue weighted by Crippen LogP contribution is -2.29. The minimum atomic E-state index is -0.193. The standard InChI is InChI=1S/C23H25NO3/c1-15-9-10-18(13-16(15)2)20(25)11-12-23(26)24(4)17(3)22-14-19-7-5-6-8-21(19)27-22/h5-10,13-14,17H,11-12H2,1-4H3. The second-order valence-electron chi connectivity index (χ2n) is 7.09. The van der Waals surface area contributed by atoms with Gasteiger partial charge in [0.15, 0.2) is 5.78 Å². The summed E-state index contributed by atoms with van der Waals surface area (Å²) in [5.41, 5.74) is 3.72. The Morgan fingerprint density at radius 1 is 1.00 bits per heavy atom. The van der Waals surface area contributed by atoms with Crippen molar-refractivity contribution in [2.24, 2.45) is 0 Å². The van der Waals surface area contributed by atoms with Gasteiger partial charge in [-0.2, -0.15) is 0 Å². The molecule has 27 heavy (non-hydrogen) atoms. The summed E-state index contributed by atoms with van der Waals surface area (Å²) >= 11 is 0. The number of para-hydroxylation sites is 1. The predicted molar refractivity (Wildman–Crippen MR) is 107 cm³/mol. The molecular formula is C23H25NO3. The van der Waals surface area contributed by atoms with Gasteiger partial charge >= 0.3 is 0 Å². The Morgan fingerprint density at radius 3 is 2.44 bits per heavy atom. The van der Waals surface area contributed by atoms with Gasteiger partial charge in [0, 0.05) is 30.8 Å². The fraction of sp³-hybridized carbons (Fsp3) is 0.304. The normalized spacial score (nSPS) is 12.1. The van der Waals surface area contributed by atoms with E-state index in [1.165, 1.54) is 0 Å². The van der Waals surface area contributed by atoms with E-state index in [0.29, 0.717) is 5.56 Å². The minimum absolute atomic E-state index is 0.00348. The Bertz CT molecular complexity index is 953. The maximum atomic E-state index is 12.6. The summed E-state index contributed by atoms with van der Waals surface area (Å²) in [4.78, 5) is 26.6. The smallest absolute Gasteiger partial charge is 0.223 e. The molecule has 2 aromatic carbocycles. The van der Waals surface area contributed by atoms with Crippen LogP contribution in [0.3, 0.4) is 0 Å². The summed E-state index contributed by atoms with van der Waals surface area (Å²) < 4.78 is 5.86. The van der Waals surface area contributed by atoms with Gasteiger partial charge in [0.1, 0.15) is 11.3 Å². The number of ketones is 1. The van der Waals surface area contributed by atoms with Crippen molar-refractivity contribution in [3.05, 3.63) is 71.0 Å². The van der Waals surface area contributed by atoms with Crippen LogP contribution in [0.15, 0.2) is 52.9 Å². The van der Waals surface area contributed by atoms with Crippen molar-refractivity contribution >= 4 is 22.7 Å². The Morgan fingerprint density at radius 2 is 1.74 bits per heavy atom. The minimum Gasteiger partial charge on any atom is -0.459 e. The Labute approximate surface area is 159 Å². The van der Waals surface area contributed by atoms with Crippen LogP contribution in [0, 0.1) is 13.8 Å². The van der Waals surface area contributed by atoms with Crippen molar-refractivity contribution in [1.82, 2.24) is 4.90 Å². The highest BCUT2D eigenvalue weighted by atomic mass is 16.3. The lowest BCUT2D eigenvalue weighted by molar-refractivity contribution is -0.132. The highest BCUT2D eigenvalue weighted by Crippen LogP contribution is 2.27. The molecule has 0 N–H and O–H groups in total. The van der Waals surface area contributed by atoms with Crippen molar-refractivity contribution in [3.63, 3.8) is 0 Å². The van der Waals surface area contributed by atoms with Gasteiger partial charge in [-0.15, -0.1) is 0 Å². The van der Waals surface area contributed by atoms with E-state index in [2.05, 4.69) is 0 Å². The van der Waals surface area contributed by atoms with Crippen molar-refractivity contribution in [1.29, 1.82) is 0 Å². The number of carbonyl (C=O) groups is 2. The van der Waals surface area contributed by atoms with E-state index < -0.39 is 0 Å².